The van der Waals surface area contributed by atoms with Crippen LogP contribution in [0.5, 0.6) is 0 Å². The van der Waals surface area contributed by atoms with E-state index in [0.717, 1.165) is 12.1 Å². The fourth-order valence-electron chi connectivity index (χ4n) is 2.44. The highest BCUT2D eigenvalue weighted by atomic mass is 19.4. The van der Waals surface area contributed by atoms with Gasteiger partial charge < -0.3 is 4.90 Å². The molecular weight excluding hydrogens is 269 g/mol. The average molecular weight is 286 g/mol. The molecule has 1 aromatic rings. The molecule has 1 N–H and O–H groups in total. The van der Waals surface area contributed by atoms with Crippen LogP contribution in [0, 0.1) is 0 Å². The Bertz CT molecular complexity index is 484. The summed E-state index contributed by atoms with van der Waals surface area (Å²) in [6, 6.07) is 4.69. The molecule has 1 fully saturated rings. The second-order valence-electron chi connectivity index (χ2n) is 4.77. The molecule has 2 rings (SSSR count). The number of rotatable bonds is 3. The number of likely N-dealkylation sites (N-methyl/N-ethyl adjacent to an activating group) is 1. The fourth-order valence-corrected chi connectivity index (χ4v) is 2.44. The number of amides is 1. The molecule has 1 amide bonds. The lowest BCUT2D eigenvalue weighted by atomic mass is 10.1. The van der Waals surface area contributed by atoms with Gasteiger partial charge in [0.15, 0.2) is 0 Å². The molecule has 0 saturated carbocycles. The zero-order valence-corrected chi connectivity index (χ0v) is 11.4. The molecule has 110 valence electrons. The molecule has 0 aliphatic carbocycles. The lowest BCUT2D eigenvalue weighted by Gasteiger charge is -2.23. The van der Waals surface area contributed by atoms with Crippen LogP contribution in [-0.2, 0) is 11.0 Å². The Labute approximate surface area is 115 Å². The van der Waals surface area contributed by atoms with Crippen molar-refractivity contribution >= 4 is 5.91 Å². The third kappa shape index (κ3) is 2.65. The smallest absolute Gasteiger partial charge is 0.322 e. The van der Waals surface area contributed by atoms with Gasteiger partial charge in [-0.25, -0.2) is 0 Å². The summed E-state index contributed by atoms with van der Waals surface area (Å²) in [6.45, 7) is 4.28. The number of halogens is 3. The van der Waals surface area contributed by atoms with Gasteiger partial charge in [0.2, 0.25) is 5.91 Å². The van der Waals surface area contributed by atoms with E-state index in [0.29, 0.717) is 18.5 Å². The number of nitrogens with zero attached hydrogens (tertiary/aromatic N) is 1. The lowest BCUT2D eigenvalue weighted by Crippen LogP contribution is -2.30. The maximum atomic E-state index is 12.5. The minimum absolute atomic E-state index is 0.0000945. The van der Waals surface area contributed by atoms with Crippen LogP contribution in [0.2, 0.25) is 0 Å². The number of carbonyl (C=O) groups is 1. The van der Waals surface area contributed by atoms with E-state index in [-0.39, 0.29) is 18.1 Å². The maximum Gasteiger partial charge on any atom is 0.416 e. The van der Waals surface area contributed by atoms with Gasteiger partial charge in [0.1, 0.15) is 6.17 Å². The molecular formula is C14H17F3N2O. The van der Waals surface area contributed by atoms with Crippen molar-refractivity contribution in [1.29, 1.82) is 0 Å². The highest BCUT2D eigenvalue weighted by Crippen LogP contribution is 2.31. The van der Waals surface area contributed by atoms with E-state index >= 15 is 0 Å². The van der Waals surface area contributed by atoms with Crippen LogP contribution in [0.3, 0.4) is 0 Å². The molecule has 0 bridgehead atoms. The van der Waals surface area contributed by atoms with E-state index in [4.69, 9.17) is 0 Å². The summed E-state index contributed by atoms with van der Waals surface area (Å²) in [5.74, 6) is -0.0000945. The molecule has 1 aromatic carbocycles. The minimum Gasteiger partial charge on any atom is -0.322 e. The van der Waals surface area contributed by atoms with Gasteiger partial charge in [0.25, 0.3) is 0 Å². The van der Waals surface area contributed by atoms with Crippen LogP contribution in [0.15, 0.2) is 24.3 Å². The molecule has 2 atom stereocenters. The van der Waals surface area contributed by atoms with Gasteiger partial charge in [0, 0.05) is 6.54 Å². The van der Waals surface area contributed by atoms with Gasteiger partial charge in [-0.2, -0.15) is 13.2 Å². The molecule has 1 saturated heterocycles. The second-order valence-corrected chi connectivity index (χ2v) is 4.77. The topological polar surface area (TPSA) is 32.3 Å². The van der Waals surface area contributed by atoms with Crippen LogP contribution < -0.4 is 5.32 Å². The van der Waals surface area contributed by atoms with Crippen LogP contribution in [0.25, 0.3) is 0 Å². The standard InChI is InChI=1S/C14H17F3N2O/c1-3-11-13(20)19(4-2)12(18-11)9-5-7-10(8-6-9)14(15,16)17/h5-8,11-12,18H,3-4H2,1-2H3. The third-order valence-electron chi connectivity index (χ3n) is 3.55. The molecule has 1 aliphatic heterocycles. The molecule has 20 heavy (non-hydrogen) atoms. The van der Waals surface area contributed by atoms with E-state index in [9.17, 15) is 18.0 Å². The second kappa shape index (κ2) is 5.44. The van der Waals surface area contributed by atoms with E-state index in [1.807, 2.05) is 13.8 Å². The predicted molar refractivity (Wildman–Crippen MR) is 68.8 cm³/mol. The monoisotopic (exact) mass is 286 g/mol. The SMILES string of the molecule is CCC1NC(c2ccc(C(F)(F)F)cc2)N(CC)C1=O. The van der Waals surface area contributed by atoms with Crippen LogP contribution in [0.4, 0.5) is 13.2 Å². The normalized spacial score (nSPS) is 23.4. The molecule has 0 spiro atoms. The first-order valence-corrected chi connectivity index (χ1v) is 6.62. The summed E-state index contributed by atoms with van der Waals surface area (Å²) in [5.41, 5.74) is -0.00943. The van der Waals surface area contributed by atoms with Crippen molar-refractivity contribution in [2.45, 2.75) is 38.7 Å². The molecule has 1 heterocycles. The van der Waals surface area contributed by atoms with Gasteiger partial charge in [-0.15, -0.1) is 0 Å². The number of carbonyl (C=O) groups excluding carboxylic acids is 1. The van der Waals surface area contributed by atoms with Crippen molar-refractivity contribution in [3.05, 3.63) is 35.4 Å². The lowest BCUT2D eigenvalue weighted by molar-refractivity contribution is -0.137. The quantitative estimate of drug-likeness (QED) is 0.926. The predicted octanol–water partition coefficient (Wildman–Crippen LogP) is 2.93. The van der Waals surface area contributed by atoms with E-state index in [1.165, 1.54) is 12.1 Å². The number of hydrogen-bond acceptors (Lipinski definition) is 2. The first-order valence-electron chi connectivity index (χ1n) is 6.62. The van der Waals surface area contributed by atoms with Gasteiger partial charge in [0.05, 0.1) is 11.6 Å². The Hall–Kier alpha value is -1.56. The number of benzene rings is 1. The molecule has 3 nitrogen and oxygen atoms in total. The molecule has 1 aliphatic rings. The first-order chi connectivity index (χ1) is 9.38. The van der Waals surface area contributed by atoms with Gasteiger partial charge >= 0.3 is 6.18 Å². The largest absolute Gasteiger partial charge is 0.416 e. The van der Waals surface area contributed by atoms with Gasteiger partial charge in [-0.05, 0) is 31.0 Å². The summed E-state index contributed by atoms with van der Waals surface area (Å²) in [4.78, 5) is 13.7. The average Bonchev–Trinajstić information content (AvgIpc) is 2.74. The van der Waals surface area contributed by atoms with E-state index in [2.05, 4.69) is 5.32 Å². The summed E-state index contributed by atoms with van der Waals surface area (Å²) >= 11 is 0. The van der Waals surface area contributed by atoms with Crippen LogP contribution in [-0.4, -0.2) is 23.4 Å². The minimum atomic E-state index is -4.34. The molecule has 0 radical (unpaired) electrons. The Balaban J connectivity index is 2.25. The van der Waals surface area contributed by atoms with Crippen LogP contribution >= 0.6 is 0 Å². The highest BCUT2D eigenvalue weighted by Gasteiger charge is 2.38. The van der Waals surface area contributed by atoms with Crippen molar-refractivity contribution in [2.24, 2.45) is 0 Å². The Kier molecular flexibility index (Phi) is 4.04. The summed E-state index contributed by atoms with van der Waals surface area (Å²) in [5, 5.41) is 3.16. The third-order valence-corrected chi connectivity index (χ3v) is 3.55. The van der Waals surface area contributed by atoms with Crippen LogP contribution in [0.1, 0.15) is 37.6 Å². The Morgan fingerprint density at radius 1 is 1.20 bits per heavy atom. The number of nitrogens with one attached hydrogen (secondary N) is 1. The zero-order chi connectivity index (χ0) is 14.9. The van der Waals surface area contributed by atoms with Crippen molar-refractivity contribution < 1.29 is 18.0 Å². The van der Waals surface area contributed by atoms with E-state index in [1.54, 1.807) is 4.90 Å². The van der Waals surface area contributed by atoms with Crippen molar-refractivity contribution in [2.75, 3.05) is 6.54 Å². The van der Waals surface area contributed by atoms with E-state index < -0.39 is 11.7 Å². The van der Waals surface area contributed by atoms with Crippen molar-refractivity contribution in [1.82, 2.24) is 10.2 Å². The van der Waals surface area contributed by atoms with Gasteiger partial charge in [-0.3, -0.25) is 10.1 Å². The fraction of sp³-hybridized carbons (Fsp3) is 0.500. The Morgan fingerprint density at radius 3 is 2.25 bits per heavy atom. The number of alkyl halides is 3. The zero-order valence-electron chi connectivity index (χ0n) is 11.4. The van der Waals surface area contributed by atoms with Crippen molar-refractivity contribution in [3.8, 4) is 0 Å². The van der Waals surface area contributed by atoms with Gasteiger partial charge in [-0.1, -0.05) is 19.1 Å². The summed E-state index contributed by atoms with van der Waals surface area (Å²) < 4.78 is 37.6. The number of hydrogen-bond donors (Lipinski definition) is 1. The molecule has 0 aromatic heterocycles. The molecule has 2 unspecified atom stereocenters. The van der Waals surface area contributed by atoms with Crippen molar-refractivity contribution in [3.63, 3.8) is 0 Å². The highest BCUT2D eigenvalue weighted by molar-refractivity contribution is 5.84. The first kappa shape index (κ1) is 14.8. The summed E-state index contributed by atoms with van der Waals surface area (Å²) in [7, 11) is 0. The molecule has 6 heteroatoms. The Morgan fingerprint density at radius 2 is 1.80 bits per heavy atom. The maximum absolute atomic E-state index is 12.5. The summed E-state index contributed by atoms with van der Waals surface area (Å²) in [6.07, 6.45) is -4.03.